The molecule has 0 heterocycles. The first kappa shape index (κ1) is 16.4. The van der Waals surface area contributed by atoms with E-state index in [-0.39, 0.29) is 17.8 Å². The van der Waals surface area contributed by atoms with Gasteiger partial charge >= 0.3 is 0 Å². The Morgan fingerprint density at radius 3 is 2.65 bits per heavy atom. The first-order valence-electron chi connectivity index (χ1n) is 6.90. The molecule has 5 heteroatoms. The zero-order valence-electron chi connectivity index (χ0n) is 12.5. The molecule has 2 atom stereocenters. The number of carbonyl (C=O) groups excluding carboxylic acids is 1. The molecule has 0 saturated heterocycles. The van der Waals surface area contributed by atoms with Crippen molar-refractivity contribution in [2.45, 2.75) is 39.3 Å². The first-order chi connectivity index (χ1) is 9.49. The fraction of sp³-hybridized carbons (Fsp3) is 0.533. The summed E-state index contributed by atoms with van der Waals surface area (Å²) in [6.45, 7) is 6.11. The van der Waals surface area contributed by atoms with Crippen LogP contribution in [0.3, 0.4) is 0 Å². The Kier molecular flexibility index (Phi) is 6.45. The van der Waals surface area contributed by atoms with Crippen LogP contribution in [0.5, 0.6) is 5.75 Å². The van der Waals surface area contributed by atoms with Crippen molar-refractivity contribution < 1.29 is 13.9 Å². The molecule has 0 spiro atoms. The lowest BCUT2D eigenvalue weighted by atomic mass is 10.1. The second kappa shape index (κ2) is 7.85. The quantitative estimate of drug-likeness (QED) is 0.807. The molecule has 0 radical (unpaired) electrons. The van der Waals surface area contributed by atoms with Gasteiger partial charge < -0.3 is 15.4 Å². The van der Waals surface area contributed by atoms with Crippen molar-refractivity contribution in [1.29, 1.82) is 0 Å². The smallest absolute Gasteiger partial charge is 0.260 e. The van der Waals surface area contributed by atoms with Gasteiger partial charge in [-0.25, -0.2) is 4.39 Å². The van der Waals surface area contributed by atoms with Crippen molar-refractivity contribution in [3.8, 4) is 5.75 Å². The summed E-state index contributed by atoms with van der Waals surface area (Å²) in [5.41, 5.74) is 0.572. The number of amides is 1. The summed E-state index contributed by atoms with van der Waals surface area (Å²) in [5, 5.41) is 5.72. The van der Waals surface area contributed by atoms with Crippen LogP contribution >= 0.6 is 0 Å². The van der Waals surface area contributed by atoms with E-state index >= 15 is 0 Å². The fourth-order valence-electron chi connectivity index (χ4n) is 1.74. The lowest BCUT2D eigenvalue weighted by Gasteiger charge is -2.16. The molecule has 1 aromatic rings. The third-order valence-corrected chi connectivity index (χ3v) is 3.10. The molecule has 0 aliphatic heterocycles. The van der Waals surface area contributed by atoms with Gasteiger partial charge in [0.25, 0.3) is 5.91 Å². The number of hydrogen-bond donors (Lipinski definition) is 2. The Labute approximate surface area is 119 Å². The minimum Gasteiger partial charge on any atom is -0.481 e. The number of ether oxygens (including phenoxy) is 1. The van der Waals surface area contributed by atoms with Gasteiger partial charge in [0.05, 0.1) is 0 Å². The predicted octanol–water partition coefficient (Wildman–Crippen LogP) is 2.40. The lowest BCUT2D eigenvalue weighted by Crippen LogP contribution is -2.36. The highest BCUT2D eigenvalue weighted by molar-refractivity contribution is 5.80. The minimum atomic E-state index is -0.645. The third-order valence-electron chi connectivity index (χ3n) is 3.10. The molecule has 0 aliphatic rings. The van der Waals surface area contributed by atoms with Crippen LogP contribution in [-0.2, 0) is 4.79 Å². The average molecular weight is 282 g/mol. The molecular formula is C15H23FN2O2. The molecule has 2 unspecified atom stereocenters. The molecule has 4 nitrogen and oxygen atoms in total. The van der Waals surface area contributed by atoms with Crippen LogP contribution in [0.25, 0.3) is 0 Å². The number of halogens is 1. The van der Waals surface area contributed by atoms with Crippen LogP contribution in [-0.4, -0.2) is 25.6 Å². The molecule has 1 amide bonds. The molecule has 0 aliphatic carbocycles. The van der Waals surface area contributed by atoms with Crippen LogP contribution in [0.2, 0.25) is 0 Å². The van der Waals surface area contributed by atoms with Gasteiger partial charge in [0, 0.05) is 24.2 Å². The summed E-state index contributed by atoms with van der Waals surface area (Å²) in [5.74, 6) is -0.181. The van der Waals surface area contributed by atoms with Gasteiger partial charge in [-0.2, -0.15) is 0 Å². The Balaban J connectivity index is 2.69. The van der Waals surface area contributed by atoms with Gasteiger partial charge in [0.1, 0.15) is 11.6 Å². The number of hydrogen-bond acceptors (Lipinski definition) is 3. The van der Waals surface area contributed by atoms with Gasteiger partial charge in [-0.15, -0.1) is 0 Å². The largest absolute Gasteiger partial charge is 0.481 e. The van der Waals surface area contributed by atoms with Crippen molar-refractivity contribution in [1.82, 2.24) is 10.6 Å². The van der Waals surface area contributed by atoms with Crippen molar-refractivity contribution in [2.75, 3.05) is 13.6 Å². The van der Waals surface area contributed by atoms with Gasteiger partial charge in [-0.05, 0) is 33.4 Å². The third kappa shape index (κ3) is 4.49. The summed E-state index contributed by atoms with van der Waals surface area (Å²) in [7, 11) is 1.77. The fourth-order valence-corrected chi connectivity index (χ4v) is 1.74. The van der Waals surface area contributed by atoms with Crippen LogP contribution < -0.4 is 15.4 Å². The zero-order valence-corrected chi connectivity index (χ0v) is 12.5. The summed E-state index contributed by atoms with van der Waals surface area (Å²) < 4.78 is 19.4. The van der Waals surface area contributed by atoms with Crippen LogP contribution in [0, 0.1) is 5.82 Å². The molecule has 0 fully saturated rings. The van der Waals surface area contributed by atoms with E-state index in [0.29, 0.717) is 17.9 Å². The maximum absolute atomic E-state index is 13.9. The van der Waals surface area contributed by atoms with Crippen LogP contribution in [0.15, 0.2) is 18.2 Å². The SMILES string of the molecule is CCCNC(=O)C(C)Oc1ccc(C(C)NC)c(F)c1. The summed E-state index contributed by atoms with van der Waals surface area (Å²) in [4.78, 5) is 11.7. The van der Waals surface area contributed by atoms with E-state index in [1.807, 2.05) is 13.8 Å². The van der Waals surface area contributed by atoms with E-state index in [2.05, 4.69) is 10.6 Å². The van der Waals surface area contributed by atoms with Crippen molar-refractivity contribution in [2.24, 2.45) is 0 Å². The van der Waals surface area contributed by atoms with Gasteiger partial charge in [-0.1, -0.05) is 13.0 Å². The molecule has 1 aromatic carbocycles. The van der Waals surface area contributed by atoms with E-state index in [1.54, 1.807) is 26.1 Å². The van der Waals surface area contributed by atoms with E-state index in [4.69, 9.17) is 4.74 Å². The van der Waals surface area contributed by atoms with E-state index in [9.17, 15) is 9.18 Å². The number of rotatable bonds is 7. The number of carbonyl (C=O) groups is 1. The molecular weight excluding hydrogens is 259 g/mol. The van der Waals surface area contributed by atoms with E-state index < -0.39 is 6.10 Å². The lowest BCUT2D eigenvalue weighted by molar-refractivity contribution is -0.127. The molecule has 1 rings (SSSR count). The maximum Gasteiger partial charge on any atom is 0.260 e. The molecule has 0 saturated carbocycles. The molecule has 0 aromatic heterocycles. The highest BCUT2D eigenvalue weighted by atomic mass is 19.1. The molecule has 20 heavy (non-hydrogen) atoms. The second-order valence-corrected chi connectivity index (χ2v) is 4.74. The first-order valence-corrected chi connectivity index (χ1v) is 6.90. The van der Waals surface area contributed by atoms with Gasteiger partial charge in [0.15, 0.2) is 6.10 Å². The summed E-state index contributed by atoms with van der Waals surface area (Å²) in [6.07, 6.45) is 0.220. The predicted molar refractivity (Wildman–Crippen MR) is 77.3 cm³/mol. The molecule has 2 N–H and O–H groups in total. The average Bonchev–Trinajstić information content (AvgIpc) is 2.44. The monoisotopic (exact) mass is 282 g/mol. The summed E-state index contributed by atoms with van der Waals surface area (Å²) >= 11 is 0. The van der Waals surface area contributed by atoms with Gasteiger partial charge in [0.2, 0.25) is 0 Å². The number of nitrogens with one attached hydrogen (secondary N) is 2. The Morgan fingerprint density at radius 2 is 2.10 bits per heavy atom. The van der Waals surface area contributed by atoms with Crippen molar-refractivity contribution in [3.63, 3.8) is 0 Å². The summed E-state index contributed by atoms with van der Waals surface area (Å²) in [6, 6.07) is 4.58. The second-order valence-electron chi connectivity index (χ2n) is 4.74. The standard InChI is InChI=1S/C15H23FN2O2/c1-5-8-18-15(19)11(3)20-12-6-7-13(10(2)17-4)14(16)9-12/h6-7,9-11,17H,5,8H2,1-4H3,(H,18,19). The van der Waals surface area contributed by atoms with Crippen LogP contribution in [0.1, 0.15) is 38.8 Å². The Hall–Kier alpha value is -1.62. The number of benzene rings is 1. The normalized spacial score (nSPS) is 13.7. The molecule has 112 valence electrons. The minimum absolute atomic E-state index is 0.0747. The van der Waals surface area contributed by atoms with Crippen molar-refractivity contribution in [3.05, 3.63) is 29.6 Å². The zero-order chi connectivity index (χ0) is 15.1. The Morgan fingerprint density at radius 1 is 1.40 bits per heavy atom. The van der Waals surface area contributed by atoms with E-state index in [1.165, 1.54) is 6.07 Å². The molecule has 0 bridgehead atoms. The highest BCUT2D eigenvalue weighted by Gasteiger charge is 2.15. The maximum atomic E-state index is 13.9. The van der Waals surface area contributed by atoms with Crippen molar-refractivity contribution >= 4 is 5.91 Å². The Bertz CT molecular complexity index is 451. The highest BCUT2D eigenvalue weighted by Crippen LogP contribution is 2.22. The van der Waals surface area contributed by atoms with Crippen LogP contribution in [0.4, 0.5) is 4.39 Å². The topological polar surface area (TPSA) is 50.4 Å². The van der Waals surface area contributed by atoms with E-state index in [0.717, 1.165) is 6.42 Å². The van der Waals surface area contributed by atoms with Gasteiger partial charge in [-0.3, -0.25) is 4.79 Å².